The van der Waals surface area contributed by atoms with Crippen molar-refractivity contribution in [2.75, 3.05) is 13.1 Å². The van der Waals surface area contributed by atoms with E-state index in [0.717, 1.165) is 6.07 Å². The van der Waals surface area contributed by atoms with E-state index < -0.39 is 21.8 Å². The number of carbonyl (C=O) groups is 1. The number of halogens is 1. The Morgan fingerprint density at radius 2 is 2.09 bits per heavy atom. The highest BCUT2D eigenvalue weighted by Gasteiger charge is 2.36. The quantitative estimate of drug-likeness (QED) is 0.780. The number of hydrogen-bond donors (Lipinski definition) is 2. The topological polar surface area (TPSA) is 86.7 Å². The second-order valence-corrected chi connectivity index (χ2v) is 7.53. The van der Waals surface area contributed by atoms with Gasteiger partial charge in [0.15, 0.2) is 0 Å². The fraction of sp³-hybridized carbons (Fsp3) is 0.533. The lowest BCUT2D eigenvalue weighted by Gasteiger charge is -2.42. The molecule has 1 aliphatic rings. The molecule has 1 aromatic carbocycles. The van der Waals surface area contributed by atoms with Crippen molar-refractivity contribution in [2.45, 2.75) is 43.7 Å². The standard InChI is InChI=1S/C15H21FN2O4S/c1-3-18(9-15(19)20)12-7-11(8-12)17-23(21,22)13-4-5-14(16)10(2)6-13/h4-6,11-12,17H,3,7-9H2,1-2H3,(H,19,20). The summed E-state index contributed by atoms with van der Waals surface area (Å²) in [7, 11) is -3.69. The SMILES string of the molecule is CCN(CC(=O)O)C1CC(NS(=O)(=O)c2ccc(F)c(C)c2)C1. The molecule has 8 heteroatoms. The second kappa shape index (κ2) is 6.94. The second-order valence-electron chi connectivity index (χ2n) is 5.81. The molecule has 0 aromatic heterocycles. The molecule has 2 N–H and O–H groups in total. The first kappa shape index (κ1) is 17.8. The maximum atomic E-state index is 13.2. The van der Waals surface area contributed by atoms with Gasteiger partial charge < -0.3 is 5.11 Å². The summed E-state index contributed by atoms with van der Waals surface area (Å²) in [6, 6.07) is 3.52. The predicted molar refractivity (Wildman–Crippen MR) is 83.2 cm³/mol. The van der Waals surface area contributed by atoms with Crippen molar-refractivity contribution in [1.29, 1.82) is 0 Å². The van der Waals surface area contributed by atoms with Gasteiger partial charge in [0.1, 0.15) is 5.82 Å². The van der Waals surface area contributed by atoms with Crippen LogP contribution < -0.4 is 4.72 Å². The molecule has 0 spiro atoms. The van der Waals surface area contributed by atoms with Gasteiger partial charge in [-0.1, -0.05) is 6.92 Å². The summed E-state index contributed by atoms with van der Waals surface area (Å²) in [6.07, 6.45) is 1.14. The highest BCUT2D eigenvalue weighted by Crippen LogP contribution is 2.27. The van der Waals surface area contributed by atoms with Crippen LogP contribution in [-0.4, -0.2) is 49.6 Å². The lowest BCUT2D eigenvalue weighted by Crippen LogP contribution is -2.54. The van der Waals surface area contributed by atoms with Crippen LogP contribution >= 0.6 is 0 Å². The number of nitrogens with one attached hydrogen (secondary N) is 1. The Balaban J connectivity index is 1.96. The molecule has 1 aromatic rings. The van der Waals surface area contributed by atoms with Crippen molar-refractivity contribution in [2.24, 2.45) is 0 Å². The van der Waals surface area contributed by atoms with Crippen molar-refractivity contribution in [3.8, 4) is 0 Å². The average molecular weight is 344 g/mol. The number of carboxylic acids is 1. The summed E-state index contributed by atoms with van der Waals surface area (Å²) >= 11 is 0. The molecular formula is C15H21FN2O4S. The number of sulfonamides is 1. The molecular weight excluding hydrogens is 323 g/mol. The third-order valence-corrected chi connectivity index (χ3v) is 5.65. The fourth-order valence-electron chi connectivity index (χ4n) is 2.73. The summed E-state index contributed by atoms with van der Waals surface area (Å²) in [5.41, 5.74) is 0.276. The lowest BCUT2D eigenvalue weighted by atomic mass is 9.86. The molecule has 0 radical (unpaired) electrons. The maximum Gasteiger partial charge on any atom is 0.317 e. The summed E-state index contributed by atoms with van der Waals surface area (Å²) in [5.74, 6) is -1.34. The Morgan fingerprint density at radius 3 is 2.61 bits per heavy atom. The van der Waals surface area contributed by atoms with Gasteiger partial charge in [-0.05, 0) is 50.1 Å². The molecule has 1 aliphatic carbocycles. The van der Waals surface area contributed by atoms with Crippen LogP contribution in [0, 0.1) is 12.7 Å². The molecule has 0 aliphatic heterocycles. The van der Waals surface area contributed by atoms with Crippen LogP contribution in [0.25, 0.3) is 0 Å². The third-order valence-electron chi connectivity index (χ3n) is 4.14. The van der Waals surface area contributed by atoms with E-state index in [2.05, 4.69) is 4.72 Å². The van der Waals surface area contributed by atoms with Gasteiger partial charge in [-0.15, -0.1) is 0 Å². The van der Waals surface area contributed by atoms with Gasteiger partial charge >= 0.3 is 5.97 Å². The zero-order valence-electron chi connectivity index (χ0n) is 13.1. The Morgan fingerprint density at radius 1 is 1.43 bits per heavy atom. The van der Waals surface area contributed by atoms with Crippen LogP contribution in [0.15, 0.2) is 23.1 Å². The summed E-state index contributed by atoms with van der Waals surface area (Å²) in [5, 5.41) is 8.85. The number of likely N-dealkylation sites (N-methyl/N-ethyl adjacent to an activating group) is 1. The molecule has 0 saturated heterocycles. The van der Waals surface area contributed by atoms with Gasteiger partial charge in [0.25, 0.3) is 0 Å². The molecule has 0 atom stereocenters. The largest absolute Gasteiger partial charge is 0.480 e. The third kappa shape index (κ3) is 4.27. The number of aryl methyl sites for hydroxylation is 1. The van der Waals surface area contributed by atoms with Crippen LogP contribution in [0.2, 0.25) is 0 Å². The highest BCUT2D eigenvalue weighted by molar-refractivity contribution is 7.89. The van der Waals surface area contributed by atoms with Gasteiger partial charge in [-0.2, -0.15) is 0 Å². The fourth-order valence-corrected chi connectivity index (χ4v) is 4.07. The zero-order valence-corrected chi connectivity index (χ0v) is 13.9. The van der Waals surface area contributed by atoms with Crippen LogP contribution in [0.1, 0.15) is 25.3 Å². The van der Waals surface area contributed by atoms with E-state index in [1.807, 2.05) is 11.8 Å². The van der Waals surface area contributed by atoms with Crippen LogP contribution in [0.5, 0.6) is 0 Å². The van der Waals surface area contributed by atoms with Gasteiger partial charge in [0.2, 0.25) is 10.0 Å². The Labute approximate surface area is 135 Å². The van der Waals surface area contributed by atoms with Crippen LogP contribution in [0.4, 0.5) is 4.39 Å². The summed E-state index contributed by atoms with van der Waals surface area (Å²) < 4.78 is 40.4. The van der Waals surface area contributed by atoms with Gasteiger partial charge in [-0.25, -0.2) is 17.5 Å². The van der Waals surface area contributed by atoms with E-state index in [-0.39, 0.29) is 29.1 Å². The number of rotatable bonds is 7. The number of benzene rings is 1. The first-order valence-electron chi connectivity index (χ1n) is 7.47. The minimum absolute atomic E-state index is 0.0396. The molecule has 0 bridgehead atoms. The van der Waals surface area contributed by atoms with Crippen molar-refractivity contribution in [3.05, 3.63) is 29.6 Å². The molecule has 23 heavy (non-hydrogen) atoms. The average Bonchev–Trinajstić information content (AvgIpc) is 2.42. The van der Waals surface area contributed by atoms with E-state index in [1.165, 1.54) is 19.1 Å². The normalized spacial score (nSPS) is 21.2. The minimum Gasteiger partial charge on any atom is -0.480 e. The Bertz CT molecular complexity index is 687. The van der Waals surface area contributed by atoms with Gasteiger partial charge in [0, 0.05) is 12.1 Å². The summed E-state index contributed by atoms with van der Waals surface area (Å²) in [4.78, 5) is 12.6. The molecule has 0 heterocycles. The van der Waals surface area contributed by atoms with E-state index >= 15 is 0 Å². The Hall–Kier alpha value is -1.51. The first-order valence-corrected chi connectivity index (χ1v) is 8.95. The van der Waals surface area contributed by atoms with Crippen LogP contribution in [0.3, 0.4) is 0 Å². The van der Waals surface area contributed by atoms with Gasteiger partial charge in [0.05, 0.1) is 11.4 Å². The molecule has 1 saturated carbocycles. The predicted octanol–water partition coefficient (Wildman–Crippen LogP) is 1.35. The van der Waals surface area contributed by atoms with E-state index in [0.29, 0.717) is 19.4 Å². The molecule has 1 fully saturated rings. The molecule has 2 rings (SSSR count). The Kier molecular flexibility index (Phi) is 5.38. The van der Waals surface area contributed by atoms with Crippen LogP contribution in [-0.2, 0) is 14.8 Å². The monoisotopic (exact) mass is 344 g/mol. The molecule has 128 valence electrons. The van der Waals surface area contributed by atoms with E-state index in [1.54, 1.807) is 0 Å². The molecule has 0 amide bonds. The number of aliphatic carboxylic acids is 1. The van der Waals surface area contributed by atoms with Crippen molar-refractivity contribution < 1.29 is 22.7 Å². The number of nitrogens with zero attached hydrogens (tertiary/aromatic N) is 1. The maximum absolute atomic E-state index is 13.2. The molecule has 6 nitrogen and oxygen atoms in total. The van der Waals surface area contributed by atoms with Gasteiger partial charge in [-0.3, -0.25) is 9.69 Å². The summed E-state index contributed by atoms with van der Waals surface area (Å²) in [6.45, 7) is 3.95. The first-order chi connectivity index (χ1) is 10.7. The zero-order chi connectivity index (χ0) is 17.2. The minimum atomic E-state index is -3.69. The van der Waals surface area contributed by atoms with E-state index in [4.69, 9.17) is 5.11 Å². The van der Waals surface area contributed by atoms with Crippen molar-refractivity contribution in [1.82, 2.24) is 9.62 Å². The van der Waals surface area contributed by atoms with Crippen molar-refractivity contribution >= 4 is 16.0 Å². The lowest BCUT2D eigenvalue weighted by molar-refractivity contribution is -0.139. The smallest absolute Gasteiger partial charge is 0.317 e. The van der Waals surface area contributed by atoms with E-state index in [9.17, 15) is 17.6 Å². The molecule has 0 unspecified atom stereocenters. The van der Waals surface area contributed by atoms with Crippen molar-refractivity contribution in [3.63, 3.8) is 0 Å². The highest BCUT2D eigenvalue weighted by atomic mass is 32.2. The number of hydrogen-bond acceptors (Lipinski definition) is 4. The number of carboxylic acid groups (broad SMARTS) is 1.